The lowest BCUT2D eigenvalue weighted by Gasteiger charge is -2.07. The molecular formula is C16H16N2O5. The number of carbonyl (C=O) groups excluding carboxylic acids is 3. The van der Waals surface area contributed by atoms with Crippen LogP contribution in [0, 0.1) is 0 Å². The molecule has 2 rings (SSSR count). The van der Waals surface area contributed by atoms with E-state index in [0.717, 1.165) is 0 Å². The van der Waals surface area contributed by atoms with Crippen molar-refractivity contribution in [3.63, 3.8) is 0 Å². The number of rotatable bonds is 6. The summed E-state index contributed by atoms with van der Waals surface area (Å²) >= 11 is 0. The summed E-state index contributed by atoms with van der Waals surface area (Å²) in [5.74, 6) is -0.985. The first-order chi connectivity index (χ1) is 11.1. The maximum atomic E-state index is 12.0. The van der Waals surface area contributed by atoms with Gasteiger partial charge in [-0.1, -0.05) is 6.07 Å². The summed E-state index contributed by atoms with van der Waals surface area (Å²) in [7, 11) is 0. The normalized spacial score (nSPS) is 9.96. The van der Waals surface area contributed by atoms with Crippen molar-refractivity contribution in [3.8, 4) is 0 Å². The van der Waals surface area contributed by atoms with Gasteiger partial charge in [0.25, 0.3) is 0 Å². The number of hydrogen-bond acceptors (Lipinski definition) is 5. The van der Waals surface area contributed by atoms with Gasteiger partial charge in [-0.05, 0) is 37.3 Å². The maximum Gasteiger partial charge on any atom is 0.411 e. The van der Waals surface area contributed by atoms with Gasteiger partial charge in [-0.2, -0.15) is 0 Å². The standard InChI is InChI=1S/C16H16N2O5/c1-2-22-16(21)18-12-6-3-5-11(9-12)15(20)23-10-14(19)13-7-4-8-17-13/h3-9,17H,2,10H2,1H3,(H,18,21). The largest absolute Gasteiger partial charge is 0.454 e. The number of hydrogen-bond donors (Lipinski definition) is 2. The van der Waals surface area contributed by atoms with Gasteiger partial charge in [-0.15, -0.1) is 0 Å². The third kappa shape index (κ3) is 4.70. The Morgan fingerprint density at radius 1 is 1.13 bits per heavy atom. The molecule has 0 aliphatic rings. The van der Waals surface area contributed by atoms with Crippen molar-refractivity contribution in [1.82, 2.24) is 4.98 Å². The van der Waals surface area contributed by atoms with Crippen molar-refractivity contribution in [3.05, 3.63) is 53.9 Å². The predicted octanol–water partition coefficient (Wildman–Crippen LogP) is 2.62. The van der Waals surface area contributed by atoms with Crippen LogP contribution in [0.15, 0.2) is 42.6 Å². The number of Topliss-reactive ketones (excluding diaryl/α,β-unsaturated/α-hetero) is 1. The summed E-state index contributed by atoms with van der Waals surface area (Å²) in [5.41, 5.74) is 0.989. The number of anilines is 1. The van der Waals surface area contributed by atoms with Crippen molar-refractivity contribution in [2.24, 2.45) is 0 Å². The fourth-order valence-corrected chi connectivity index (χ4v) is 1.80. The van der Waals surface area contributed by atoms with Gasteiger partial charge >= 0.3 is 12.1 Å². The molecule has 1 aromatic heterocycles. The quantitative estimate of drug-likeness (QED) is 0.630. The summed E-state index contributed by atoms with van der Waals surface area (Å²) < 4.78 is 9.72. The monoisotopic (exact) mass is 316 g/mol. The zero-order chi connectivity index (χ0) is 16.7. The number of carbonyl (C=O) groups is 3. The molecule has 2 N–H and O–H groups in total. The van der Waals surface area contributed by atoms with E-state index in [1.54, 1.807) is 37.4 Å². The van der Waals surface area contributed by atoms with Crippen LogP contribution in [0.1, 0.15) is 27.8 Å². The number of ether oxygens (including phenoxy) is 2. The number of aromatic amines is 1. The number of nitrogens with one attached hydrogen (secondary N) is 2. The van der Waals surface area contributed by atoms with Crippen LogP contribution in [-0.4, -0.2) is 36.0 Å². The molecule has 0 bridgehead atoms. The van der Waals surface area contributed by atoms with E-state index in [1.165, 1.54) is 12.1 Å². The zero-order valence-electron chi connectivity index (χ0n) is 12.5. The van der Waals surface area contributed by atoms with E-state index >= 15 is 0 Å². The van der Waals surface area contributed by atoms with E-state index in [-0.39, 0.29) is 24.6 Å². The lowest BCUT2D eigenvalue weighted by atomic mass is 10.2. The molecule has 0 spiro atoms. The molecule has 0 radical (unpaired) electrons. The SMILES string of the molecule is CCOC(=O)Nc1cccc(C(=O)OCC(=O)c2ccc[nH]2)c1. The summed E-state index contributed by atoms with van der Waals surface area (Å²) in [6.45, 7) is 1.57. The molecule has 1 amide bonds. The lowest BCUT2D eigenvalue weighted by molar-refractivity contribution is 0.0473. The molecule has 0 aliphatic heterocycles. The number of aromatic nitrogens is 1. The second-order valence-corrected chi connectivity index (χ2v) is 4.51. The Bertz CT molecular complexity index is 694. The van der Waals surface area contributed by atoms with Crippen molar-refractivity contribution in [2.75, 3.05) is 18.5 Å². The fourth-order valence-electron chi connectivity index (χ4n) is 1.80. The van der Waals surface area contributed by atoms with Gasteiger partial charge < -0.3 is 14.5 Å². The van der Waals surface area contributed by atoms with Gasteiger partial charge in [0.05, 0.1) is 17.9 Å². The van der Waals surface area contributed by atoms with Gasteiger partial charge in [0.1, 0.15) is 0 Å². The van der Waals surface area contributed by atoms with E-state index in [1.807, 2.05) is 0 Å². The number of H-pyrrole nitrogens is 1. The summed E-state index contributed by atoms with van der Waals surface area (Å²) in [6.07, 6.45) is 1.000. The molecule has 1 heterocycles. The number of esters is 1. The third-order valence-electron chi connectivity index (χ3n) is 2.85. The van der Waals surface area contributed by atoms with Crippen LogP contribution in [0.3, 0.4) is 0 Å². The van der Waals surface area contributed by atoms with E-state index in [0.29, 0.717) is 11.4 Å². The smallest absolute Gasteiger partial charge is 0.411 e. The Morgan fingerprint density at radius 3 is 2.65 bits per heavy atom. The van der Waals surface area contributed by atoms with Crippen LogP contribution >= 0.6 is 0 Å². The minimum absolute atomic E-state index is 0.221. The summed E-state index contributed by atoms with van der Waals surface area (Å²) in [6, 6.07) is 9.44. The molecule has 120 valence electrons. The zero-order valence-corrected chi connectivity index (χ0v) is 12.5. The molecule has 0 saturated carbocycles. The highest BCUT2D eigenvalue weighted by Gasteiger charge is 2.13. The molecule has 23 heavy (non-hydrogen) atoms. The third-order valence-corrected chi connectivity index (χ3v) is 2.85. The van der Waals surface area contributed by atoms with E-state index in [4.69, 9.17) is 9.47 Å². The van der Waals surface area contributed by atoms with Crippen LogP contribution < -0.4 is 5.32 Å². The van der Waals surface area contributed by atoms with Gasteiger partial charge in [-0.3, -0.25) is 10.1 Å². The Labute approximate surface area is 132 Å². The topological polar surface area (TPSA) is 97.5 Å². The Balaban J connectivity index is 1.94. The Hall–Kier alpha value is -3.09. The molecule has 0 aliphatic carbocycles. The van der Waals surface area contributed by atoms with Gasteiger partial charge in [0.15, 0.2) is 6.61 Å². The highest BCUT2D eigenvalue weighted by Crippen LogP contribution is 2.12. The van der Waals surface area contributed by atoms with E-state index in [2.05, 4.69) is 10.3 Å². The number of amides is 1. The van der Waals surface area contributed by atoms with Crippen molar-refractivity contribution in [1.29, 1.82) is 0 Å². The molecular weight excluding hydrogens is 300 g/mol. The van der Waals surface area contributed by atoms with Gasteiger partial charge in [0, 0.05) is 11.9 Å². The Morgan fingerprint density at radius 2 is 1.96 bits per heavy atom. The maximum absolute atomic E-state index is 12.0. The first-order valence-corrected chi connectivity index (χ1v) is 6.97. The highest BCUT2D eigenvalue weighted by atomic mass is 16.5. The van der Waals surface area contributed by atoms with E-state index in [9.17, 15) is 14.4 Å². The molecule has 0 unspecified atom stereocenters. The van der Waals surface area contributed by atoms with Crippen molar-refractivity contribution < 1.29 is 23.9 Å². The molecule has 2 aromatic rings. The lowest BCUT2D eigenvalue weighted by Crippen LogP contribution is -2.16. The number of ketones is 1. The summed E-state index contributed by atoms with van der Waals surface area (Å²) in [4.78, 5) is 37.8. The van der Waals surface area contributed by atoms with Crippen LogP contribution in [-0.2, 0) is 9.47 Å². The number of benzene rings is 1. The molecule has 0 atom stereocenters. The first-order valence-electron chi connectivity index (χ1n) is 6.97. The van der Waals surface area contributed by atoms with Crippen LogP contribution in [0.5, 0.6) is 0 Å². The molecule has 0 saturated heterocycles. The van der Waals surface area contributed by atoms with Gasteiger partial charge in [-0.25, -0.2) is 9.59 Å². The Kier molecular flexibility index (Phi) is 5.51. The highest BCUT2D eigenvalue weighted by molar-refractivity contribution is 5.98. The second kappa shape index (κ2) is 7.79. The predicted molar refractivity (Wildman–Crippen MR) is 82.5 cm³/mol. The molecule has 7 nitrogen and oxygen atoms in total. The van der Waals surface area contributed by atoms with Crippen LogP contribution in [0.2, 0.25) is 0 Å². The average molecular weight is 316 g/mol. The van der Waals surface area contributed by atoms with Crippen LogP contribution in [0.4, 0.5) is 10.5 Å². The average Bonchev–Trinajstić information content (AvgIpc) is 3.07. The molecule has 0 fully saturated rings. The van der Waals surface area contributed by atoms with Crippen molar-refractivity contribution in [2.45, 2.75) is 6.92 Å². The van der Waals surface area contributed by atoms with Gasteiger partial charge in [0.2, 0.25) is 5.78 Å². The second-order valence-electron chi connectivity index (χ2n) is 4.51. The minimum atomic E-state index is -0.655. The first kappa shape index (κ1) is 16.3. The minimum Gasteiger partial charge on any atom is -0.454 e. The molecule has 7 heteroatoms. The fraction of sp³-hybridized carbons (Fsp3) is 0.188. The van der Waals surface area contributed by atoms with Crippen LogP contribution in [0.25, 0.3) is 0 Å². The van der Waals surface area contributed by atoms with Crippen molar-refractivity contribution >= 4 is 23.5 Å². The molecule has 1 aromatic carbocycles. The summed E-state index contributed by atoms with van der Waals surface area (Å²) in [5, 5.41) is 2.48. The van der Waals surface area contributed by atoms with E-state index < -0.39 is 12.1 Å².